The van der Waals surface area contributed by atoms with Gasteiger partial charge in [-0.25, -0.2) is 0 Å². The number of hydrogen-bond donors (Lipinski definition) is 2. The SMILES string of the molecule is COc1cc(Br)c(CNC(=O)[C@@H](N)C(C)(C)C)cc1OC. The molecule has 6 heteroatoms. The fourth-order valence-electron chi connectivity index (χ4n) is 1.72. The van der Waals surface area contributed by atoms with Gasteiger partial charge in [0.25, 0.3) is 0 Å². The molecule has 0 aliphatic rings. The van der Waals surface area contributed by atoms with Gasteiger partial charge in [0.15, 0.2) is 11.5 Å². The van der Waals surface area contributed by atoms with E-state index in [0.29, 0.717) is 18.0 Å². The maximum Gasteiger partial charge on any atom is 0.237 e. The van der Waals surface area contributed by atoms with Crippen molar-refractivity contribution < 1.29 is 14.3 Å². The van der Waals surface area contributed by atoms with Gasteiger partial charge < -0.3 is 20.5 Å². The Labute approximate surface area is 134 Å². The summed E-state index contributed by atoms with van der Waals surface area (Å²) in [6.45, 7) is 6.17. The molecule has 118 valence electrons. The third-order valence-electron chi connectivity index (χ3n) is 3.22. The van der Waals surface area contributed by atoms with Crippen molar-refractivity contribution in [3.05, 3.63) is 22.2 Å². The molecular weight excluding hydrogens is 336 g/mol. The van der Waals surface area contributed by atoms with Crippen LogP contribution >= 0.6 is 15.9 Å². The number of ether oxygens (including phenoxy) is 2. The van der Waals surface area contributed by atoms with Crippen molar-refractivity contribution in [3.63, 3.8) is 0 Å². The summed E-state index contributed by atoms with van der Waals surface area (Å²) in [6.07, 6.45) is 0. The lowest BCUT2D eigenvalue weighted by Crippen LogP contribution is -2.48. The number of carbonyl (C=O) groups excluding carboxylic acids is 1. The molecule has 0 heterocycles. The summed E-state index contributed by atoms with van der Waals surface area (Å²) in [7, 11) is 3.15. The van der Waals surface area contributed by atoms with Crippen molar-refractivity contribution in [1.29, 1.82) is 0 Å². The third kappa shape index (κ3) is 4.61. The lowest BCUT2D eigenvalue weighted by Gasteiger charge is -2.26. The van der Waals surface area contributed by atoms with Crippen molar-refractivity contribution in [3.8, 4) is 11.5 Å². The number of halogens is 1. The first kappa shape index (κ1) is 17.8. The van der Waals surface area contributed by atoms with Crippen LogP contribution in [0.25, 0.3) is 0 Å². The van der Waals surface area contributed by atoms with Gasteiger partial charge in [-0.15, -0.1) is 0 Å². The van der Waals surface area contributed by atoms with Crippen LogP contribution in [0.1, 0.15) is 26.3 Å². The number of benzene rings is 1. The first-order chi connectivity index (χ1) is 9.70. The Morgan fingerprint density at radius 1 is 1.29 bits per heavy atom. The highest BCUT2D eigenvalue weighted by molar-refractivity contribution is 9.10. The van der Waals surface area contributed by atoms with Crippen molar-refractivity contribution in [2.24, 2.45) is 11.1 Å². The molecule has 5 nitrogen and oxygen atoms in total. The Kier molecular flexibility index (Phi) is 6.04. The molecule has 21 heavy (non-hydrogen) atoms. The second-order valence-electron chi connectivity index (χ2n) is 5.86. The number of amides is 1. The Balaban J connectivity index is 2.83. The molecule has 0 aromatic heterocycles. The summed E-state index contributed by atoms with van der Waals surface area (Å²) < 4.78 is 11.3. The first-order valence-electron chi connectivity index (χ1n) is 6.64. The molecule has 1 aromatic rings. The van der Waals surface area contributed by atoms with Gasteiger partial charge in [-0.1, -0.05) is 36.7 Å². The van der Waals surface area contributed by atoms with E-state index in [1.807, 2.05) is 32.9 Å². The molecule has 0 aliphatic heterocycles. The van der Waals surface area contributed by atoms with Gasteiger partial charge in [-0.05, 0) is 23.1 Å². The van der Waals surface area contributed by atoms with E-state index in [9.17, 15) is 4.79 Å². The zero-order valence-corrected chi connectivity index (χ0v) is 14.7. The van der Waals surface area contributed by atoms with Crippen LogP contribution in [-0.2, 0) is 11.3 Å². The fraction of sp³-hybridized carbons (Fsp3) is 0.533. The molecule has 1 rings (SSSR count). The van der Waals surface area contributed by atoms with E-state index in [-0.39, 0.29) is 11.3 Å². The summed E-state index contributed by atoms with van der Waals surface area (Å²) in [5.74, 6) is 1.07. The average molecular weight is 359 g/mol. The summed E-state index contributed by atoms with van der Waals surface area (Å²) >= 11 is 3.46. The fourth-order valence-corrected chi connectivity index (χ4v) is 2.18. The van der Waals surface area contributed by atoms with E-state index in [4.69, 9.17) is 15.2 Å². The van der Waals surface area contributed by atoms with Crippen LogP contribution < -0.4 is 20.5 Å². The van der Waals surface area contributed by atoms with Gasteiger partial charge in [0.05, 0.1) is 20.3 Å². The smallest absolute Gasteiger partial charge is 0.237 e. The number of hydrogen-bond acceptors (Lipinski definition) is 4. The molecule has 1 atom stereocenters. The molecule has 1 aromatic carbocycles. The zero-order valence-electron chi connectivity index (χ0n) is 13.1. The van der Waals surface area contributed by atoms with Crippen LogP contribution in [0.5, 0.6) is 11.5 Å². The second-order valence-corrected chi connectivity index (χ2v) is 6.71. The van der Waals surface area contributed by atoms with Gasteiger partial charge in [0.2, 0.25) is 5.91 Å². The number of carbonyl (C=O) groups is 1. The molecule has 0 aliphatic carbocycles. The van der Waals surface area contributed by atoms with E-state index in [1.165, 1.54) is 0 Å². The molecular formula is C15H23BrN2O3. The highest BCUT2D eigenvalue weighted by Gasteiger charge is 2.27. The van der Waals surface area contributed by atoms with Gasteiger partial charge >= 0.3 is 0 Å². The Morgan fingerprint density at radius 2 is 1.81 bits per heavy atom. The third-order valence-corrected chi connectivity index (χ3v) is 3.96. The molecule has 0 fully saturated rings. The van der Waals surface area contributed by atoms with Crippen LogP contribution in [0, 0.1) is 5.41 Å². The van der Waals surface area contributed by atoms with E-state index in [2.05, 4.69) is 21.2 Å². The molecule has 0 saturated carbocycles. The predicted octanol–water partition coefficient (Wildman–Crippen LogP) is 2.46. The van der Waals surface area contributed by atoms with Crippen LogP contribution in [0.4, 0.5) is 0 Å². The second kappa shape index (κ2) is 7.13. The Morgan fingerprint density at radius 3 is 2.29 bits per heavy atom. The molecule has 0 saturated heterocycles. The van der Waals surface area contributed by atoms with Crippen molar-refractivity contribution in [2.45, 2.75) is 33.4 Å². The van der Waals surface area contributed by atoms with Crippen LogP contribution in [0.3, 0.4) is 0 Å². The minimum atomic E-state index is -0.559. The highest BCUT2D eigenvalue weighted by atomic mass is 79.9. The van der Waals surface area contributed by atoms with Crippen LogP contribution in [0.2, 0.25) is 0 Å². The summed E-state index contributed by atoms with van der Waals surface area (Å²) in [4.78, 5) is 12.0. The molecule has 0 unspecified atom stereocenters. The number of rotatable bonds is 5. The predicted molar refractivity (Wildman–Crippen MR) is 86.5 cm³/mol. The molecule has 0 spiro atoms. The van der Waals surface area contributed by atoms with Crippen molar-refractivity contribution >= 4 is 21.8 Å². The lowest BCUT2D eigenvalue weighted by atomic mass is 9.87. The van der Waals surface area contributed by atoms with E-state index in [1.54, 1.807) is 14.2 Å². The Hall–Kier alpha value is -1.27. The van der Waals surface area contributed by atoms with Crippen molar-refractivity contribution in [1.82, 2.24) is 5.32 Å². The maximum absolute atomic E-state index is 12.0. The lowest BCUT2D eigenvalue weighted by molar-refractivity contribution is -0.124. The van der Waals surface area contributed by atoms with E-state index in [0.717, 1.165) is 10.0 Å². The number of nitrogens with two attached hydrogens (primary N) is 1. The molecule has 0 radical (unpaired) electrons. The standard InChI is InChI=1S/C15H23BrN2O3/c1-15(2,3)13(17)14(19)18-8-9-6-11(20-4)12(21-5)7-10(9)16/h6-7,13H,8,17H2,1-5H3,(H,18,19)/t13-/m1/s1. The summed E-state index contributed by atoms with van der Waals surface area (Å²) in [5.41, 5.74) is 6.54. The van der Waals surface area contributed by atoms with Crippen molar-refractivity contribution in [2.75, 3.05) is 14.2 Å². The largest absolute Gasteiger partial charge is 0.493 e. The van der Waals surface area contributed by atoms with Gasteiger partial charge in [0.1, 0.15) is 0 Å². The topological polar surface area (TPSA) is 73.6 Å². The average Bonchev–Trinajstić information content (AvgIpc) is 2.43. The minimum Gasteiger partial charge on any atom is -0.493 e. The van der Waals surface area contributed by atoms with E-state index >= 15 is 0 Å². The van der Waals surface area contributed by atoms with Gasteiger partial charge in [0, 0.05) is 11.0 Å². The zero-order chi connectivity index (χ0) is 16.2. The van der Waals surface area contributed by atoms with Crippen LogP contribution in [-0.4, -0.2) is 26.2 Å². The molecule has 0 bridgehead atoms. The maximum atomic E-state index is 12.0. The summed E-state index contributed by atoms with van der Waals surface area (Å²) in [5, 5.41) is 2.84. The highest BCUT2D eigenvalue weighted by Crippen LogP contribution is 2.33. The van der Waals surface area contributed by atoms with Gasteiger partial charge in [-0.2, -0.15) is 0 Å². The molecule has 3 N–H and O–H groups in total. The van der Waals surface area contributed by atoms with Crippen LogP contribution in [0.15, 0.2) is 16.6 Å². The Bertz CT molecular complexity index is 512. The number of methoxy groups -OCH3 is 2. The molecule has 1 amide bonds. The van der Waals surface area contributed by atoms with E-state index < -0.39 is 6.04 Å². The summed E-state index contributed by atoms with van der Waals surface area (Å²) in [6, 6.07) is 3.08. The monoisotopic (exact) mass is 358 g/mol. The minimum absolute atomic E-state index is 0.177. The normalized spacial score (nSPS) is 12.7. The first-order valence-corrected chi connectivity index (χ1v) is 7.43. The quantitative estimate of drug-likeness (QED) is 0.847. The van der Waals surface area contributed by atoms with Gasteiger partial charge in [-0.3, -0.25) is 4.79 Å². The number of nitrogens with one attached hydrogen (secondary N) is 1.